The van der Waals surface area contributed by atoms with Crippen LogP contribution < -0.4 is 5.32 Å². The van der Waals surface area contributed by atoms with Crippen LogP contribution in [0, 0.1) is 6.92 Å². The van der Waals surface area contributed by atoms with Crippen molar-refractivity contribution in [2.45, 2.75) is 69.4 Å². The second-order valence-corrected chi connectivity index (χ2v) is 8.04. The van der Waals surface area contributed by atoms with Crippen molar-refractivity contribution in [3.63, 3.8) is 0 Å². The Kier molecular flexibility index (Phi) is 2.92. The third-order valence-electron chi connectivity index (χ3n) is 5.21. The number of aromatic nitrogens is 3. The van der Waals surface area contributed by atoms with E-state index in [4.69, 9.17) is 9.51 Å². The molecule has 22 heavy (non-hydrogen) atoms. The zero-order chi connectivity index (χ0) is 14.7. The minimum atomic E-state index is 0.451. The van der Waals surface area contributed by atoms with Crippen molar-refractivity contribution in [3.8, 4) is 10.8 Å². The predicted octanol–water partition coefficient (Wildman–Crippen LogP) is 3.38. The van der Waals surface area contributed by atoms with E-state index in [1.165, 1.54) is 30.7 Å². The van der Waals surface area contributed by atoms with Gasteiger partial charge in [-0.25, -0.2) is 4.98 Å². The van der Waals surface area contributed by atoms with Crippen LogP contribution in [0.4, 0.5) is 0 Å². The van der Waals surface area contributed by atoms with Gasteiger partial charge in [-0.3, -0.25) is 0 Å². The van der Waals surface area contributed by atoms with Crippen LogP contribution in [-0.4, -0.2) is 27.2 Å². The SMILES string of the molecule is Cc1nc(C2CC2)sc1-c1nc(C2CC3CCC(C2)N3)no1. The molecule has 116 valence electrons. The second kappa shape index (κ2) is 4.86. The Hall–Kier alpha value is -1.27. The number of aryl methyl sites for hydroxylation is 1. The van der Waals surface area contributed by atoms with Gasteiger partial charge in [0.2, 0.25) is 0 Å². The van der Waals surface area contributed by atoms with Crippen LogP contribution in [0.3, 0.4) is 0 Å². The summed E-state index contributed by atoms with van der Waals surface area (Å²) in [4.78, 5) is 10.5. The summed E-state index contributed by atoms with van der Waals surface area (Å²) in [6.07, 6.45) is 7.43. The smallest absolute Gasteiger partial charge is 0.269 e. The van der Waals surface area contributed by atoms with Crippen LogP contribution in [0.2, 0.25) is 0 Å². The highest BCUT2D eigenvalue weighted by molar-refractivity contribution is 7.15. The van der Waals surface area contributed by atoms with Crippen LogP contribution in [0.1, 0.15) is 66.9 Å². The fourth-order valence-electron chi connectivity index (χ4n) is 3.88. The summed E-state index contributed by atoms with van der Waals surface area (Å²) in [6.45, 7) is 2.05. The summed E-state index contributed by atoms with van der Waals surface area (Å²) in [7, 11) is 0. The van der Waals surface area contributed by atoms with Gasteiger partial charge >= 0.3 is 0 Å². The first-order valence-corrected chi connectivity index (χ1v) is 9.15. The Morgan fingerprint density at radius 1 is 1.05 bits per heavy atom. The van der Waals surface area contributed by atoms with E-state index in [0.717, 1.165) is 29.2 Å². The fraction of sp³-hybridized carbons (Fsp3) is 0.688. The highest BCUT2D eigenvalue weighted by Crippen LogP contribution is 2.44. The van der Waals surface area contributed by atoms with Gasteiger partial charge in [0.1, 0.15) is 4.88 Å². The molecule has 1 saturated carbocycles. The van der Waals surface area contributed by atoms with Crippen molar-refractivity contribution < 1.29 is 4.52 Å². The summed E-state index contributed by atoms with van der Waals surface area (Å²) in [6, 6.07) is 1.30. The Morgan fingerprint density at radius 3 is 2.55 bits per heavy atom. The molecule has 5 rings (SSSR count). The van der Waals surface area contributed by atoms with Gasteiger partial charge < -0.3 is 9.84 Å². The summed E-state index contributed by atoms with van der Waals surface area (Å²) < 4.78 is 5.58. The highest BCUT2D eigenvalue weighted by atomic mass is 32.1. The monoisotopic (exact) mass is 316 g/mol. The molecule has 1 N–H and O–H groups in total. The third-order valence-corrected chi connectivity index (χ3v) is 6.52. The normalized spacial score (nSPS) is 30.9. The first-order valence-electron chi connectivity index (χ1n) is 8.33. The first-order chi connectivity index (χ1) is 10.8. The molecule has 3 aliphatic rings. The van der Waals surface area contributed by atoms with Gasteiger partial charge in [-0.2, -0.15) is 4.98 Å². The van der Waals surface area contributed by atoms with E-state index in [-0.39, 0.29) is 0 Å². The fourth-order valence-corrected chi connectivity index (χ4v) is 5.04. The molecule has 6 heteroatoms. The third kappa shape index (κ3) is 2.20. The van der Waals surface area contributed by atoms with E-state index >= 15 is 0 Å². The molecule has 2 saturated heterocycles. The van der Waals surface area contributed by atoms with Crippen molar-refractivity contribution in [1.82, 2.24) is 20.4 Å². The average molecular weight is 316 g/mol. The predicted molar refractivity (Wildman–Crippen MR) is 84.0 cm³/mol. The van der Waals surface area contributed by atoms with E-state index in [9.17, 15) is 0 Å². The van der Waals surface area contributed by atoms with E-state index in [2.05, 4.69) is 15.5 Å². The van der Waals surface area contributed by atoms with E-state index in [1.807, 2.05) is 6.92 Å². The molecular weight excluding hydrogens is 296 g/mol. The Morgan fingerprint density at radius 2 is 1.82 bits per heavy atom. The standard InChI is InChI=1S/C16H20N4OS/c1-8-13(22-16(17-8)9-2-3-9)15-19-14(20-21-15)10-6-11-4-5-12(7-10)18-11/h9-12,18H,2-7H2,1H3. The Bertz CT molecular complexity index is 693. The van der Waals surface area contributed by atoms with Crippen LogP contribution in [0.15, 0.2) is 4.52 Å². The lowest BCUT2D eigenvalue weighted by atomic mass is 9.92. The largest absolute Gasteiger partial charge is 0.333 e. The maximum absolute atomic E-state index is 5.58. The van der Waals surface area contributed by atoms with Crippen molar-refractivity contribution in [1.29, 1.82) is 0 Å². The number of thiazole rings is 1. The lowest BCUT2D eigenvalue weighted by molar-refractivity contribution is 0.340. The lowest BCUT2D eigenvalue weighted by Gasteiger charge is -2.26. The number of nitrogens with one attached hydrogen (secondary N) is 1. The summed E-state index contributed by atoms with van der Waals surface area (Å²) in [5.74, 6) is 2.70. The minimum Gasteiger partial charge on any atom is -0.333 e. The first kappa shape index (κ1) is 13.2. The van der Waals surface area contributed by atoms with Crippen molar-refractivity contribution in [3.05, 3.63) is 16.5 Å². The number of rotatable bonds is 3. The zero-order valence-electron chi connectivity index (χ0n) is 12.7. The van der Waals surface area contributed by atoms with Gasteiger partial charge in [0.25, 0.3) is 5.89 Å². The molecule has 2 bridgehead atoms. The molecule has 2 atom stereocenters. The lowest BCUT2D eigenvalue weighted by Crippen LogP contribution is -2.37. The van der Waals surface area contributed by atoms with E-state index < -0.39 is 0 Å². The number of hydrogen-bond acceptors (Lipinski definition) is 6. The molecule has 2 aromatic heterocycles. The molecule has 0 spiro atoms. The number of fused-ring (bicyclic) bond motifs is 2. The average Bonchev–Trinajstić information content (AvgIpc) is 2.97. The number of nitrogens with zero attached hydrogens (tertiary/aromatic N) is 3. The van der Waals surface area contributed by atoms with Crippen LogP contribution in [-0.2, 0) is 0 Å². The van der Waals surface area contributed by atoms with E-state index in [0.29, 0.717) is 29.8 Å². The summed E-state index contributed by atoms with van der Waals surface area (Å²) in [5.41, 5.74) is 1.03. The zero-order valence-corrected chi connectivity index (χ0v) is 13.5. The molecule has 4 heterocycles. The van der Waals surface area contributed by atoms with Gasteiger partial charge in [-0.05, 0) is 45.4 Å². The maximum Gasteiger partial charge on any atom is 0.269 e. The second-order valence-electron chi connectivity index (χ2n) is 7.00. The molecule has 3 fully saturated rings. The molecule has 0 amide bonds. The molecule has 5 nitrogen and oxygen atoms in total. The van der Waals surface area contributed by atoms with Crippen LogP contribution in [0.25, 0.3) is 10.8 Å². The van der Waals surface area contributed by atoms with Gasteiger partial charge in [0.15, 0.2) is 5.82 Å². The number of piperidine rings is 1. The van der Waals surface area contributed by atoms with Gasteiger partial charge in [-0.1, -0.05) is 5.16 Å². The van der Waals surface area contributed by atoms with Crippen LogP contribution >= 0.6 is 11.3 Å². The van der Waals surface area contributed by atoms with Gasteiger partial charge in [0, 0.05) is 23.9 Å². The number of hydrogen-bond donors (Lipinski definition) is 1. The maximum atomic E-state index is 5.58. The molecule has 2 aliphatic heterocycles. The van der Waals surface area contributed by atoms with E-state index in [1.54, 1.807) is 11.3 Å². The Labute approximate surface area is 133 Å². The minimum absolute atomic E-state index is 0.451. The van der Waals surface area contributed by atoms with Gasteiger partial charge in [0.05, 0.1) is 10.7 Å². The Balaban J connectivity index is 1.41. The highest BCUT2D eigenvalue weighted by Gasteiger charge is 2.36. The van der Waals surface area contributed by atoms with Crippen molar-refractivity contribution in [2.24, 2.45) is 0 Å². The topological polar surface area (TPSA) is 63.8 Å². The molecular formula is C16H20N4OS. The summed E-state index contributed by atoms with van der Waals surface area (Å²) in [5, 5.41) is 9.20. The quantitative estimate of drug-likeness (QED) is 0.940. The molecule has 0 aromatic carbocycles. The van der Waals surface area contributed by atoms with Gasteiger partial charge in [-0.15, -0.1) is 11.3 Å². The van der Waals surface area contributed by atoms with Crippen molar-refractivity contribution in [2.75, 3.05) is 0 Å². The molecule has 0 radical (unpaired) electrons. The molecule has 2 aromatic rings. The molecule has 1 aliphatic carbocycles. The summed E-state index contributed by atoms with van der Waals surface area (Å²) >= 11 is 1.74. The molecule has 2 unspecified atom stereocenters. The van der Waals surface area contributed by atoms with Crippen LogP contribution in [0.5, 0.6) is 0 Å². The van der Waals surface area contributed by atoms with Crippen molar-refractivity contribution >= 4 is 11.3 Å².